The third-order valence-corrected chi connectivity index (χ3v) is 20.2. The Morgan fingerprint density at radius 1 is 0.482 bits per heavy atom. The second kappa shape index (κ2) is 39.6. The predicted octanol–water partition coefficient (Wildman–Crippen LogP) is 12.7. The number of likely N-dealkylation sites (tertiary alicyclic amines) is 1. The molecule has 574 valence electrons. The van der Waals surface area contributed by atoms with E-state index in [1.54, 1.807) is 85.2 Å². The van der Waals surface area contributed by atoms with E-state index in [1.165, 1.54) is 85.3 Å². The maximum atomic E-state index is 14.4. The van der Waals surface area contributed by atoms with Crippen molar-refractivity contribution >= 4 is 144 Å². The van der Waals surface area contributed by atoms with Crippen molar-refractivity contribution in [1.82, 2.24) is 30.2 Å². The van der Waals surface area contributed by atoms with Crippen molar-refractivity contribution in [2.24, 2.45) is 0 Å². The number of rotatable bonds is 14. The molecule has 0 atom stereocenters. The van der Waals surface area contributed by atoms with Gasteiger partial charge in [0.2, 0.25) is 0 Å². The van der Waals surface area contributed by atoms with E-state index in [4.69, 9.17) is 77.2 Å². The number of carboxylic acids is 2. The number of carboxylic acid groups (broad SMARTS) is 2. The lowest BCUT2D eigenvalue weighted by atomic mass is 9.86. The summed E-state index contributed by atoms with van der Waals surface area (Å²) in [6.45, 7) is 3.62. The zero-order chi connectivity index (χ0) is 80.8. The largest absolute Gasteiger partial charge is 0.508 e. The minimum atomic E-state index is -4.55. The number of phenolic OH excluding ortho intramolecular Hbond substituents is 3. The van der Waals surface area contributed by atoms with Crippen molar-refractivity contribution in [3.8, 4) is 51.0 Å². The summed E-state index contributed by atoms with van der Waals surface area (Å²) >= 11 is 20.3. The highest BCUT2D eigenvalue weighted by atomic mass is 79.9. The first-order chi connectivity index (χ1) is 52.0. The number of aromatic carboxylic acids is 2. The lowest BCUT2D eigenvalue weighted by molar-refractivity contribution is 0.0649. The predicted molar refractivity (Wildman–Crippen MR) is 412 cm³/mol. The van der Waals surface area contributed by atoms with Crippen molar-refractivity contribution in [1.29, 1.82) is 0 Å². The fourth-order valence-corrected chi connectivity index (χ4v) is 13.4. The van der Waals surface area contributed by atoms with Crippen LogP contribution in [0, 0.1) is 23.3 Å². The highest BCUT2D eigenvalue weighted by Crippen LogP contribution is 2.38. The van der Waals surface area contributed by atoms with Crippen LogP contribution in [0.25, 0.3) is 33.8 Å². The van der Waals surface area contributed by atoms with Gasteiger partial charge < -0.3 is 57.3 Å². The summed E-state index contributed by atoms with van der Waals surface area (Å²) in [6, 6.07) is 42.9. The number of benzene rings is 7. The third-order valence-electron chi connectivity index (χ3n) is 14.7. The molecule has 7 aromatic carbocycles. The maximum absolute atomic E-state index is 14.4. The fourth-order valence-electron chi connectivity index (χ4n) is 8.84. The number of aromatic nitrogens is 4. The molecule has 14 N–H and O–H groups in total. The number of anilines is 4. The quantitative estimate of drug-likeness (QED) is 0.0208. The maximum Gasteiger partial charge on any atom is 0.508 e. The molecule has 1 amide bonds. The molecule has 26 nitrogen and oxygen atoms in total. The Bertz CT molecular complexity index is 5470. The van der Waals surface area contributed by atoms with E-state index in [0.717, 1.165) is 64.6 Å². The van der Waals surface area contributed by atoms with E-state index >= 15 is 0 Å². The van der Waals surface area contributed by atoms with Gasteiger partial charge in [-0.25, -0.2) is 52.4 Å². The van der Waals surface area contributed by atoms with E-state index in [1.807, 2.05) is 22.9 Å². The zero-order valence-corrected chi connectivity index (χ0v) is 63.3. The number of carbonyl (C=O) groups excluding carboxylic acids is 1. The minimum absolute atomic E-state index is 0.0191. The van der Waals surface area contributed by atoms with Gasteiger partial charge in [0, 0.05) is 75.3 Å². The standard InChI is InChI=1S/C21H17ClFN3O4S.C18H12ClFN2O5S.C11H9FN2.C7H4Cl2O5S.C6H5BrFN.C5H6BNO2.C3H7N/c22-15-10-14(21(28)26-8-3-9-26)12-19(20(15)27)31(29,30)25-18-11-13(5-6-16(18)23)17-4-1-2-7-24-17;19-12-7-11(18(24)25)9-16(17(12)23)28(26,27)22-15-8-10(4-5-13(15)20)14-3-1-2-6-21-14;12-9-5-4-8(7-10(9)13)11-3-1-2-6-14-11;8-4-1-3(7(11)12)2-5(6(4)10)15(9,13)14;7-4-1-2-5(8)6(9)3-4;8-6(9)5-3-1-2-4-7-5;1-2-4-3-1/h1-2,4-7,10-12,25,27H,3,8-9H2;1-9,22-23H,(H,24,25);1-7H,13H2;1-2,10H,(H,11,12);1-3H,9H2;1-4,8-9H;4H,1-3H2. The van der Waals surface area contributed by atoms with Gasteiger partial charge in [-0.1, -0.05) is 75.0 Å². The lowest BCUT2D eigenvalue weighted by Gasteiger charge is -2.31. The fraction of sp³-hybridized carbons (Fsp3) is 0.0845. The minimum Gasteiger partial charge on any atom is -0.505 e. The normalized spacial score (nSPS) is 11.9. The first-order valence-corrected chi connectivity index (χ1v) is 38.6. The van der Waals surface area contributed by atoms with Gasteiger partial charge in [-0.05, 0) is 184 Å². The number of hydrogen-bond donors (Lipinski definition) is 12. The Kier molecular flexibility index (Phi) is 31.2. The van der Waals surface area contributed by atoms with Crippen molar-refractivity contribution < 1.29 is 92.8 Å². The molecule has 4 aromatic heterocycles. The van der Waals surface area contributed by atoms with Gasteiger partial charge in [0.15, 0.2) is 17.2 Å². The summed E-state index contributed by atoms with van der Waals surface area (Å²) in [7, 11) is -9.74. The summed E-state index contributed by atoms with van der Waals surface area (Å²) in [5, 5.41) is 66.1. The number of sulfonamides is 2. The van der Waals surface area contributed by atoms with Crippen molar-refractivity contribution in [3.63, 3.8) is 0 Å². The van der Waals surface area contributed by atoms with Crippen LogP contribution in [0.2, 0.25) is 15.1 Å². The number of aromatic hydroxyl groups is 3. The van der Waals surface area contributed by atoms with Gasteiger partial charge in [0.05, 0.1) is 71.6 Å². The summed E-state index contributed by atoms with van der Waals surface area (Å²) in [4.78, 5) is 49.7. The molecule has 0 bridgehead atoms. The molecule has 39 heteroatoms. The van der Waals surface area contributed by atoms with Crippen LogP contribution in [-0.4, -0.2) is 137 Å². The van der Waals surface area contributed by atoms with Crippen molar-refractivity contribution in [3.05, 3.63) is 266 Å². The van der Waals surface area contributed by atoms with Gasteiger partial charge in [0.1, 0.15) is 38.0 Å². The number of hydrogen-bond acceptors (Lipinski definition) is 21. The number of phenols is 3. The number of nitrogen functional groups attached to an aromatic ring is 2. The highest BCUT2D eigenvalue weighted by molar-refractivity contribution is 9.10. The van der Waals surface area contributed by atoms with Crippen molar-refractivity contribution in [2.45, 2.75) is 27.5 Å². The van der Waals surface area contributed by atoms with Crippen LogP contribution in [0.3, 0.4) is 0 Å². The Balaban J connectivity index is 0.000000192. The third kappa shape index (κ3) is 24.7. The molecule has 6 heterocycles. The van der Waals surface area contributed by atoms with Crippen LogP contribution < -0.4 is 31.8 Å². The van der Waals surface area contributed by atoms with E-state index in [0.29, 0.717) is 35.6 Å². The van der Waals surface area contributed by atoms with Crippen LogP contribution in [0.5, 0.6) is 17.2 Å². The average molecular weight is 1710 g/mol. The average Bonchev–Trinajstić information content (AvgIpc) is 0.789. The van der Waals surface area contributed by atoms with Gasteiger partial charge in [-0.3, -0.25) is 34.2 Å². The monoisotopic (exact) mass is 1710 g/mol. The van der Waals surface area contributed by atoms with E-state index < -0.39 is 125 Å². The molecule has 2 aliphatic rings. The van der Waals surface area contributed by atoms with Crippen LogP contribution in [0.4, 0.5) is 40.3 Å². The van der Waals surface area contributed by atoms with Crippen LogP contribution in [0.15, 0.2) is 226 Å². The number of nitrogens with one attached hydrogen (secondary N) is 3. The zero-order valence-electron chi connectivity index (χ0n) is 56.3. The number of halogens is 9. The molecule has 0 spiro atoms. The molecule has 0 unspecified atom stereocenters. The van der Waals surface area contributed by atoms with Gasteiger partial charge in [-0.2, -0.15) is 0 Å². The van der Waals surface area contributed by atoms with Crippen molar-refractivity contribution in [2.75, 3.05) is 47.1 Å². The molecule has 110 heavy (non-hydrogen) atoms. The summed E-state index contributed by atoms with van der Waals surface area (Å²) in [6.07, 6.45) is 8.53. The molecule has 2 fully saturated rings. The Morgan fingerprint density at radius 2 is 0.836 bits per heavy atom. The first-order valence-electron chi connectivity index (χ1n) is 31.4. The smallest absolute Gasteiger partial charge is 0.505 e. The molecule has 2 saturated heterocycles. The number of nitrogens with zero attached hydrogens (tertiary/aromatic N) is 5. The Hall–Kier alpha value is -10.7. The molecule has 0 radical (unpaired) electrons. The van der Waals surface area contributed by atoms with Gasteiger partial charge >= 0.3 is 19.1 Å². The number of amides is 1. The van der Waals surface area contributed by atoms with Crippen LogP contribution in [0.1, 0.15) is 43.9 Å². The van der Waals surface area contributed by atoms with Gasteiger partial charge in [-0.15, -0.1) is 0 Å². The second-order valence-electron chi connectivity index (χ2n) is 22.5. The number of pyridine rings is 4. The molecule has 0 aliphatic carbocycles. The lowest BCUT2D eigenvalue weighted by Crippen LogP contribution is -2.42. The number of carbonyl (C=O) groups is 3. The Morgan fingerprint density at radius 3 is 1.15 bits per heavy atom. The summed E-state index contributed by atoms with van der Waals surface area (Å²) < 4.78 is 132. The second-order valence-corrected chi connectivity index (χ2v) is 30.5. The van der Waals surface area contributed by atoms with E-state index in [9.17, 15) is 72.5 Å². The van der Waals surface area contributed by atoms with E-state index in [-0.39, 0.29) is 44.6 Å². The molecule has 13 rings (SSSR count). The SMILES string of the molecule is C1CNC1.Nc1cc(-c2ccccn2)ccc1F.Nc1cc(Br)ccc1F.O=C(O)c1cc(Cl)c(O)c(S(=O)(=O)Cl)c1.O=C(O)c1cc(Cl)c(O)c(S(=O)(=O)Nc2cc(-c3ccccn3)ccc2F)c1.O=C(c1cc(Cl)c(O)c(S(=O)(=O)Nc2cc(-c3ccccn3)ccc2F)c1)N1CCC1.OB(O)c1ccccn1. The van der Waals surface area contributed by atoms with E-state index in [2.05, 4.69) is 45.9 Å². The van der Waals surface area contributed by atoms with Crippen LogP contribution >= 0.6 is 61.4 Å². The molecular weight excluding hydrogens is 1650 g/mol. The molecular formula is C71H60BBrCl4F4N10O16S3. The Labute approximate surface area is 654 Å². The van der Waals surface area contributed by atoms with Gasteiger partial charge in [0.25, 0.3) is 35.0 Å². The molecule has 0 saturated carbocycles. The van der Waals surface area contributed by atoms with Crippen LogP contribution in [-0.2, 0) is 29.1 Å². The highest BCUT2D eigenvalue weighted by Gasteiger charge is 2.30. The molecule has 2 aliphatic heterocycles. The number of nitrogens with two attached hydrogens (primary N) is 2. The topological polar surface area (TPSA) is 438 Å². The molecule has 11 aromatic rings. The first kappa shape index (κ1) is 86.5. The summed E-state index contributed by atoms with van der Waals surface area (Å²) in [5.74, 6) is -8.02. The summed E-state index contributed by atoms with van der Waals surface area (Å²) in [5.41, 5.74) is 13.3.